The van der Waals surface area contributed by atoms with Gasteiger partial charge in [-0.2, -0.15) is 0 Å². The minimum absolute atomic E-state index is 0.714. The second-order valence-corrected chi connectivity index (χ2v) is 6.46. The minimum Gasteiger partial charge on any atom is -0.473 e. The number of carboxylic acid groups (broad SMARTS) is 2. The minimum atomic E-state index is -1.82. The molecule has 1 aliphatic heterocycles. The molecule has 0 amide bonds. The molecular formula is C19H26N2O4. The monoisotopic (exact) mass is 346 g/mol. The summed E-state index contributed by atoms with van der Waals surface area (Å²) in [6.45, 7) is 6.06. The van der Waals surface area contributed by atoms with E-state index in [0.717, 1.165) is 0 Å². The molecule has 6 heteroatoms. The van der Waals surface area contributed by atoms with Crippen molar-refractivity contribution in [2.75, 3.05) is 19.6 Å². The number of carbonyl (C=O) groups is 2. The van der Waals surface area contributed by atoms with Crippen LogP contribution in [0.1, 0.15) is 37.7 Å². The Morgan fingerprint density at radius 1 is 1.20 bits per heavy atom. The van der Waals surface area contributed by atoms with E-state index in [0.29, 0.717) is 5.92 Å². The maximum absolute atomic E-state index is 9.10. The van der Waals surface area contributed by atoms with Crippen LogP contribution in [0.15, 0.2) is 30.5 Å². The first-order valence-corrected chi connectivity index (χ1v) is 8.66. The molecule has 6 nitrogen and oxygen atoms in total. The maximum Gasteiger partial charge on any atom is 0.414 e. The van der Waals surface area contributed by atoms with Crippen molar-refractivity contribution >= 4 is 22.8 Å². The SMILES string of the molecule is CCCN1CCCC(c2cccc3c2ccn3C)C1.O=C(O)C(=O)O. The Morgan fingerprint density at radius 2 is 1.92 bits per heavy atom. The summed E-state index contributed by atoms with van der Waals surface area (Å²) >= 11 is 0. The van der Waals surface area contributed by atoms with Gasteiger partial charge in [0.05, 0.1) is 0 Å². The molecule has 136 valence electrons. The van der Waals surface area contributed by atoms with Crippen LogP contribution >= 0.6 is 0 Å². The van der Waals surface area contributed by atoms with Gasteiger partial charge in [-0.15, -0.1) is 0 Å². The summed E-state index contributed by atoms with van der Waals surface area (Å²) in [5.41, 5.74) is 2.92. The Hall–Kier alpha value is -2.34. The summed E-state index contributed by atoms with van der Waals surface area (Å²) in [5.74, 6) is -2.93. The van der Waals surface area contributed by atoms with Crippen LogP contribution in [0.4, 0.5) is 0 Å². The van der Waals surface area contributed by atoms with Crippen molar-refractivity contribution in [1.29, 1.82) is 0 Å². The summed E-state index contributed by atoms with van der Waals surface area (Å²) in [4.78, 5) is 20.8. The van der Waals surface area contributed by atoms with Gasteiger partial charge in [0.25, 0.3) is 0 Å². The zero-order chi connectivity index (χ0) is 18.4. The number of nitrogens with zero attached hydrogens (tertiary/aromatic N) is 2. The molecule has 1 aliphatic rings. The number of aryl methyl sites for hydroxylation is 1. The van der Waals surface area contributed by atoms with Gasteiger partial charge in [0.2, 0.25) is 0 Å². The van der Waals surface area contributed by atoms with Crippen LogP contribution in [0.25, 0.3) is 10.9 Å². The Labute approximate surface area is 147 Å². The largest absolute Gasteiger partial charge is 0.473 e. The molecule has 0 spiro atoms. The number of hydrogen-bond donors (Lipinski definition) is 2. The van der Waals surface area contributed by atoms with Crippen molar-refractivity contribution in [2.45, 2.75) is 32.1 Å². The third kappa shape index (κ3) is 4.82. The number of carboxylic acids is 2. The van der Waals surface area contributed by atoms with Gasteiger partial charge < -0.3 is 19.7 Å². The molecule has 25 heavy (non-hydrogen) atoms. The van der Waals surface area contributed by atoms with Gasteiger partial charge in [-0.05, 0) is 56.0 Å². The summed E-state index contributed by atoms with van der Waals surface area (Å²) in [5, 5.41) is 16.2. The normalized spacial score (nSPS) is 17.8. The average molecular weight is 346 g/mol. The Morgan fingerprint density at radius 3 is 2.56 bits per heavy atom. The standard InChI is InChI=1S/C17H24N2.C2H2O4/c1-3-10-19-11-5-6-14(13-19)15-7-4-8-17-16(15)9-12-18(17)2;3-1(4)2(5)6/h4,7-9,12,14H,3,5-6,10-11,13H2,1-2H3;(H,3,4)(H,5,6). The topological polar surface area (TPSA) is 82.8 Å². The molecule has 2 N–H and O–H groups in total. The highest BCUT2D eigenvalue weighted by atomic mass is 16.4. The zero-order valence-electron chi connectivity index (χ0n) is 14.8. The molecule has 0 saturated carbocycles. The van der Waals surface area contributed by atoms with Crippen LogP contribution in [0.2, 0.25) is 0 Å². The van der Waals surface area contributed by atoms with Gasteiger partial charge in [0, 0.05) is 30.7 Å². The third-order valence-corrected chi connectivity index (χ3v) is 4.63. The van der Waals surface area contributed by atoms with Gasteiger partial charge in [-0.1, -0.05) is 19.1 Å². The van der Waals surface area contributed by atoms with Gasteiger partial charge >= 0.3 is 11.9 Å². The summed E-state index contributed by atoms with van der Waals surface area (Å²) in [6.07, 6.45) is 6.13. The predicted molar refractivity (Wildman–Crippen MR) is 96.9 cm³/mol. The van der Waals surface area contributed by atoms with E-state index in [9.17, 15) is 0 Å². The lowest BCUT2D eigenvalue weighted by molar-refractivity contribution is -0.159. The molecule has 0 bridgehead atoms. The zero-order valence-corrected chi connectivity index (χ0v) is 14.8. The van der Waals surface area contributed by atoms with Gasteiger partial charge in [0.1, 0.15) is 0 Å². The molecule has 1 saturated heterocycles. The van der Waals surface area contributed by atoms with E-state index >= 15 is 0 Å². The third-order valence-electron chi connectivity index (χ3n) is 4.63. The van der Waals surface area contributed by atoms with Crippen molar-refractivity contribution < 1.29 is 19.8 Å². The summed E-state index contributed by atoms with van der Waals surface area (Å²) < 4.78 is 2.23. The van der Waals surface area contributed by atoms with Crippen LogP contribution in [-0.2, 0) is 16.6 Å². The van der Waals surface area contributed by atoms with E-state index in [-0.39, 0.29) is 0 Å². The Balaban J connectivity index is 0.000000326. The van der Waals surface area contributed by atoms with Crippen LogP contribution in [0, 0.1) is 0 Å². The number of benzene rings is 1. The first-order valence-electron chi connectivity index (χ1n) is 8.66. The molecule has 2 aromatic rings. The fourth-order valence-corrected chi connectivity index (χ4v) is 3.51. The highest BCUT2D eigenvalue weighted by Crippen LogP contribution is 2.32. The van der Waals surface area contributed by atoms with Crippen molar-refractivity contribution in [3.8, 4) is 0 Å². The van der Waals surface area contributed by atoms with Crippen molar-refractivity contribution in [1.82, 2.24) is 9.47 Å². The predicted octanol–water partition coefficient (Wildman–Crippen LogP) is 2.92. The quantitative estimate of drug-likeness (QED) is 0.835. The molecule has 3 rings (SSSR count). The van der Waals surface area contributed by atoms with Crippen LogP contribution in [0.3, 0.4) is 0 Å². The average Bonchev–Trinajstić information content (AvgIpc) is 2.97. The van der Waals surface area contributed by atoms with E-state index in [4.69, 9.17) is 19.8 Å². The molecule has 1 fully saturated rings. The number of rotatable bonds is 3. The number of piperidine rings is 1. The lowest BCUT2D eigenvalue weighted by Gasteiger charge is -2.33. The Bertz CT molecular complexity index is 724. The van der Waals surface area contributed by atoms with E-state index in [1.807, 2.05) is 0 Å². The lowest BCUT2D eigenvalue weighted by atomic mass is 9.88. The maximum atomic E-state index is 9.10. The van der Waals surface area contributed by atoms with Gasteiger partial charge in [-0.3, -0.25) is 0 Å². The van der Waals surface area contributed by atoms with Gasteiger partial charge in [-0.25, -0.2) is 9.59 Å². The molecule has 0 radical (unpaired) electrons. The number of aliphatic carboxylic acids is 2. The highest BCUT2D eigenvalue weighted by molar-refractivity contribution is 6.27. The molecule has 1 atom stereocenters. The summed E-state index contributed by atoms with van der Waals surface area (Å²) in [7, 11) is 2.14. The first kappa shape index (κ1) is 19.0. The molecular weight excluding hydrogens is 320 g/mol. The van der Waals surface area contributed by atoms with E-state index < -0.39 is 11.9 Å². The number of fused-ring (bicyclic) bond motifs is 1. The number of hydrogen-bond acceptors (Lipinski definition) is 3. The van der Waals surface area contributed by atoms with Gasteiger partial charge in [0.15, 0.2) is 0 Å². The van der Waals surface area contributed by atoms with E-state index in [1.54, 1.807) is 5.56 Å². The van der Waals surface area contributed by atoms with E-state index in [1.165, 1.54) is 49.8 Å². The highest BCUT2D eigenvalue weighted by Gasteiger charge is 2.22. The second-order valence-electron chi connectivity index (χ2n) is 6.46. The van der Waals surface area contributed by atoms with Crippen molar-refractivity contribution in [3.05, 3.63) is 36.0 Å². The van der Waals surface area contributed by atoms with Crippen LogP contribution < -0.4 is 0 Å². The fourth-order valence-electron chi connectivity index (χ4n) is 3.51. The molecule has 1 aromatic carbocycles. The number of aromatic nitrogens is 1. The number of likely N-dealkylation sites (tertiary alicyclic amines) is 1. The summed E-state index contributed by atoms with van der Waals surface area (Å²) in [6, 6.07) is 9.06. The lowest BCUT2D eigenvalue weighted by Crippen LogP contribution is -2.34. The fraction of sp³-hybridized carbons (Fsp3) is 0.474. The Kier molecular flexibility index (Phi) is 6.58. The molecule has 1 unspecified atom stereocenters. The van der Waals surface area contributed by atoms with Crippen LogP contribution in [0.5, 0.6) is 0 Å². The van der Waals surface area contributed by atoms with Crippen molar-refractivity contribution in [2.24, 2.45) is 7.05 Å². The second kappa shape index (κ2) is 8.67. The smallest absolute Gasteiger partial charge is 0.414 e. The molecule has 2 heterocycles. The van der Waals surface area contributed by atoms with Crippen molar-refractivity contribution in [3.63, 3.8) is 0 Å². The van der Waals surface area contributed by atoms with Crippen LogP contribution in [-0.4, -0.2) is 51.3 Å². The molecule has 0 aliphatic carbocycles. The first-order chi connectivity index (χ1) is 11.9. The molecule has 1 aromatic heterocycles. The van der Waals surface area contributed by atoms with E-state index in [2.05, 4.69) is 53.9 Å².